The summed E-state index contributed by atoms with van der Waals surface area (Å²) < 4.78 is 5.42. The number of hydrogen-bond acceptors (Lipinski definition) is 5. The molecule has 1 atom stereocenters. The molecule has 2 aromatic rings. The van der Waals surface area contributed by atoms with Gasteiger partial charge in [0.1, 0.15) is 0 Å². The lowest BCUT2D eigenvalue weighted by atomic mass is 9.76. The molecule has 28 heavy (non-hydrogen) atoms. The third-order valence-corrected chi connectivity index (χ3v) is 5.60. The van der Waals surface area contributed by atoms with E-state index in [4.69, 9.17) is 4.52 Å². The van der Waals surface area contributed by atoms with Crippen molar-refractivity contribution >= 4 is 11.9 Å². The van der Waals surface area contributed by atoms with E-state index >= 15 is 0 Å². The van der Waals surface area contributed by atoms with Crippen molar-refractivity contribution in [2.45, 2.75) is 46.5 Å². The smallest absolute Gasteiger partial charge is 0.311 e. The minimum absolute atomic E-state index is 0.0664. The second-order valence-electron chi connectivity index (χ2n) is 8.81. The van der Waals surface area contributed by atoms with Gasteiger partial charge in [-0.05, 0) is 24.5 Å². The minimum Gasteiger partial charge on any atom is -0.481 e. The van der Waals surface area contributed by atoms with Gasteiger partial charge >= 0.3 is 5.97 Å². The van der Waals surface area contributed by atoms with Crippen molar-refractivity contribution in [3.63, 3.8) is 0 Å². The molecule has 3 rings (SSSR count). The highest BCUT2D eigenvalue weighted by molar-refractivity contribution is 6.00. The van der Waals surface area contributed by atoms with Gasteiger partial charge in [-0.3, -0.25) is 9.59 Å². The Hall–Kier alpha value is -2.70. The Morgan fingerprint density at radius 2 is 1.93 bits per heavy atom. The largest absolute Gasteiger partial charge is 0.481 e. The molecule has 1 amide bonds. The first kappa shape index (κ1) is 20.0. The Morgan fingerprint density at radius 3 is 2.46 bits per heavy atom. The lowest BCUT2D eigenvalue weighted by molar-refractivity contribution is -0.150. The van der Waals surface area contributed by atoms with Crippen LogP contribution < -0.4 is 0 Å². The number of nitrogens with zero attached hydrogens (tertiary/aromatic N) is 3. The molecule has 2 heterocycles. The molecule has 1 saturated heterocycles. The maximum atomic E-state index is 13.2. The SMILES string of the molecule is CC(C)C1(C(=O)O)CCN(C(=O)c2ccccc2-c2nc(C(C)(C)C)no2)C1. The average molecular weight is 385 g/mol. The number of benzene rings is 1. The standard InChI is InChI=1S/C21H27N3O4/c1-13(2)21(19(26)27)10-11-24(12-21)17(25)15-9-7-6-8-14(15)16-22-18(23-28-16)20(3,4)5/h6-9,13H,10-12H2,1-5H3,(H,26,27). The third-order valence-electron chi connectivity index (χ3n) is 5.60. The van der Waals surface area contributed by atoms with Crippen LogP contribution in [-0.2, 0) is 10.2 Å². The number of aliphatic carboxylic acids is 1. The van der Waals surface area contributed by atoms with Crippen molar-refractivity contribution in [3.05, 3.63) is 35.7 Å². The van der Waals surface area contributed by atoms with Crippen molar-refractivity contribution in [2.75, 3.05) is 13.1 Å². The molecule has 1 aromatic carbocycles. The summed E-state index contributed by atoms with van der Waals surface area (Å²) >= 11 is 0. The van der Waals surface area contributed by atoms with E-state index < -0.39 is 11.4 Å². The number of amides is 1. The first-order valence-electron chi connectivity index (χ1n) is 9.52. The fraction of sp³-hybridized carbons (Fsp3) is 0.524. The number of carboxylic acid groups (broad SMARTS) is 1. The van der Waals surface area contributed by atoms with E-state index in [2.05, 4.69) is 10.1 Å². The van der Waals surface area contributed by atoms with Gasteiger partial charge in [-0.15, -0.1) is 0 Å². The zero-order chi connectivity index (χ0) is 20.7. The molecule has 1 aliphatic rings. The summed E-state index contributed by atoms with van der Waals surface area (Å²) in [5.41, 5.74) is -0.174. The number of hydrogen-bond donors (Lipinski definition) is 1. The first-order chi connectivity index (χ1) is 13.1. The molecule has 7 heteroatoms. The van der Waals surface area contributed by atoms with Crippen LogP contribution in [0, 0.1) is 11.3 Å². The van der Waals surface area contributed by atoms with Crippen molar-refractivity contribution in [3.8, 4) is 11.5 Å². The molecule has 1 N–H and O–H groups in total. The second kappa shape index (κ2) is 7.04. The Bertz CT molecular complexity index is 897. The number of carboxylic acids is 1. The van der Waals surface area contributed by atoms with Gasteiger partial charge in [-0.2, -0.15) is 4.98 Å². The van der Waals surface area contributed by atoms with E-state index in [9.17, 15) is 14.7 Å². The van der Waals surface area contributed by atoms with Gasteiger partial charge in [0.25, 0.3) is 11.8 Å². The molecule has 1 aromatic heterocycles. The Balaban J connectivity index is 1.93. The van der Waals surface area contributed by atoms with E-state index in [1.54, 1.807) is 23.1 Å². The van der Waals surface area contributed by atoms with Crippen LogP contribution in [0.3, 0.4) is 0 Å². The van der Waals surface area contributed by atoms with Crippen LogP contribution in [0.25, 0.3) is 11.5 Å². The van der Waals surface area contributed by atoms with Crippen LogP contribution in [0.2, 0.25) is 0 Å². The molecule has 7 nitrogen and oxygen atoms in total. The van der Waals surface area contributed by atoms with Crippen molar-refractivity contribution in [1.29, 1.82) is 0 Å². The van der Waals surface area contributed by atoms with Gasteiger partial charge in [-0.25, -0.2) is 0 Å². The molecule has 1 aliphatic heterocycles. The molecule has 1 unspecified atom stereocenters. The maximum Gasteiger partial charge on any atom is 0.311 e. The van der Waals surface area contributed by atoms with Gasteiger partial charge in [0.15, 0.2) is 5.82 Å². The topological polar surface area (TPSA) is 96.5 Å². The van der Waals surface area contributed by atoms with E-state index in [0.29, 0.717) is 35.8 Å². The zero-order valence-corrected chi connectivity index (χ0v) is 17.0. The highest BCUT2D eigenvalue weighted by atomic mass is 16.5. The molecule has 0 spiro atoms. The first-order valence-corrected chi connectivity index (χ1v) is 9.52. The van der Waals surface area contributed by atoms with Crippen LogP contribution in [0.15, 0.2) is 28.8 Å². The Kier molecular flexibility index (Phi) is 5.04. The maximum absolute atomic E-state index is 13.2. The average Bonchev–Trinajstić information content (AvgIpc) is 3.29. The monoisotopic (exact) mass is 385 g/mol. The van der Waals surface area contributed by atoms with Gasteiger partial charge in [-0.1, -0.05) is 51.9 Å². The van der Waals surface area contributed by atoms with Gasteiger partial charge in [0.05, 0.1) is 16.5 Å². The Labute approximate surface area is 164 Å². The van der Waals surface area contributed by atoms with Crippen molar-refractivity contribution < 1.29 is 19.2 Å². The molecule has 0 radical (unpaired) electrons. The molecule has 1 fully saturated rings. The van der Waals surface area contributed by atoms with Gasteiger partial charge < -0.3 is 14.5 Å². The summed E-state index contributed by atoms with van der Waals surface area (Å²) in [6.45, 7) is 10.4. The predicted octanol–water partition coefficient (Wildman–Crippen LogP) is 3.61. The van der Waals surface area contributed by atoms with Crippen molar-refractivity contribution in [2.24, 2.45) is 11.3 Å². The van der Waals surface area contributed by atoms with Crippen LogP contribution >= 0.6 is 0 Å². The second-order valence-corrected chi connectivity index (χ2v) is 8.81. The third kappa shape index (κ3) is 3.41. The quantitative estimate of drug-likeness (QED) is 0.864. The summed E-state index contributed by atoms with van der Waals surface area (Å²) in [4.78, 5) is 31.2. The van der Waals surface area contributed by atoms with E-state index in [-0.39, 0.29) is 23.8 Å². The minimum atomic E-state index is -0.908. The van der Waals surface area contributed by atoms with Gasteiger partial charge in [0.2, 0.25) is 0 Å². The number of rotatable bonds is 4. The number of likely N-dealkylation sites (tertiary alicyclic amines) is 1. The number of carbonyl (C=O) groups excluding carboxylic acids is 1. The molecular weight excluding hydrogens is 358 g/mol. The normalized spacial score (nSPS) is 20.0. The summed E-state index contributed by atoms with van der Waals surface area (Å²) in [5, 5.41) is 13.8. The summed E-state index contributed by atoms with van der Waals surface area (Å²) in [5.74, 6) is -0.270. The van der Waals surface area contributed by atoms with E-state index in [0.717, 1.165) is 0 Å². The summed E-state index contributed by atoms with van der Waals surface area (Å²) in [6, 6.07) is 7.08. The summed E-state index contributed by atoms with van der Waals surface area (Å²) in [7, 11) is 0. The van der Waals surface area contributed by atoms with E-state index in [1.165, 1.54) is 0 Å². The zero-order valence-electron chi connectivity index (χ0n) is 17.0. The molecule has 0 aliphatic carbocycles. The summed E-state index contributed by atoms with van der Waals surface area (Å²) in [6.07, 6.45) is 0.447. The highest BCUT2D eigenvalue weighted by Crippen LogP contribution is 2.39. The van der Waals surface area contributed by atoms with Crippen LogP contribution in [0.5, 0.6) is 0 Å². The lowest BCUT2D eigenvalue weighted by Gasteiger charge is -2.28. The van der Waals surface area contributed by atoms with Crippen molar-refractivity contribution in [1.82, 2.24) is 15.0 Å². The van der Waals surface area contributed by atoms with E-state index in [1.807, 2.05) is 40.7 Å². The molecule has 0 bridgehead atoms. The fourth-order valence-corrected chi connectivity index (χ4v) is 3.56. The van der Waals surface area contributed by atoms with Gasteiger partial charge in [0, 0.05) is 18.5 Å². The van der Waals surface area contributed by atoms with Crippen LogP contribution in [0.4, 0.5) is 0 Å². The van der Waals surface area contributed by atoms with Crippen LogP contribution in [-0.4, -0.2) is 45.1 Å². The lowest BCUT2D eigenvalue weighted by Crippen LogP contribution is -2.40. The predicted molar refractivity (Wildman–Crippen MR) is 104 cm³/mol. The highest BCUT2D eigenvalue weighted by Gasteiger charge is 2.48. The van der Waals surface area contributed by atoms with Crippen LogP contribution in [0.1, 0.15) is 57.2 Å². The fourth-order valence-electron chi connectivity index (χ4n) is 3.56. The Morgan fingerprint density at radius 1 is 1.25 bits per heavy atom. The molecular formula is C21H27N3O4. The molecule has 150 valence electrons. The number of aromatic nitrogens is 2. The number of carbonyl (C=O) groups is 2. The molecule has 0 saturated carbocycles.